The number of amides is 1. The van der Waals surface area contributed by atoms with Crippen LogP contribution in [0.15, 0.2) is 22.8 Å². The molecule has 0 radical (unpaired) electrons. The number of carbonyl (C=O) groups excluding carboxylic acids is 1. The average Bonchev–Trinajstić information content (AvgIpc) is 3.01. The highest BCUT2D eigenvalue weighted by atomic mass is 16.6. The molecule has 4 heteroatoms. The molecule has 18 heavy (non-hydrogen) atoms. The van der Waals surface area contributed by atoms with E-state index in [9.17, 15) is 4.79 Å². The molecule has 0 N–H and O–H groups in total. The van der Waals surface area contributed by atoms with Crippen LogP contribution in [0.5, 0.6) is 0 Å². The van der Waals surface area contributed by atoms with Gasteiger partial charge in [-0.1, -0.05) is 19.3 Å². The second kappa shape index (κ2) is 5.04. The summed E-state index contributed by atoms with van der Waals surface area (Å²) in [5.74, 6) is 1.40. The van der Waals surface area contributed by atoms with Crippen LogP contribution in [0.25, 0.3) is 0 Å². The van der Waals surface area contributed by atoms with Crippen LogP contribution < -0.4 is 0 Å². The first-order valence-corrected chi connectivity index (χ1v) is 6.82. The molecule has 4 nitrogen and oxygen atoms in total. The summed E-state index contributed by atoms with van der Waals surface area (Å²) in [4.78, 5) is 13.7. The molecule has 1 aliphatic carbocycles. The predicted molar refractivity (Wildman–Crippen MR) is 66.1 cm³/mol. The molecular formula is C14H19NO3. The topological polar surface area (TPSA) is 42.7 Å². The Morgan fingerprint density at radius 3 is 2.83 bits per heavy atom. The first-order valence-electron chi connectivity index (χ1n) is 6.82. The molecule has 1 aromatic heterocycles. The number of nitrogens with zero attached hydrogens (tertiary/aromatic N) is 1. The van der Waals surface area contributed by atoms with E-state index in [1.807, 2.05) is 17.0 Å². The molecule has 2 aliphatic rings. The van der Waals surface area contributed by atoms with Gasteiger partial charge in [-0.25, -0.2) is 4.79 Å². The Labute approximate surface area is 107 Å². The van der Waals surface area contributed by atoms with Gasteiger partial charge in [-0.05, 0) is 30.9 Å². The molecule has 0 bridgehead atoms. The van der Waals surface area contributed by atoms with Crippen molar-refractivity contribution in [2.24, 2.45) is 5.92 Å². The summed E-state index contributed by atoms with van der Waals surface area (Å²) >= 11 is 0. The van der Waals surface area contributed by atoms with Gasteiger partial charge in [-0.3, -0.25) is 0 Å². The van der Waals surface area contributed by atoms with Gasteiger partial charge in [0.1, 0.15) is 5.76 Å². The van der Waals surface area contributed by atoms with Crippen molar-refractivity contribution in [2.45, 2.75) is 38.2 Å². The highest BCUT2D eigenvalue weighted by Gasteiger charge is 2.35. The van der Waals surface area contributed by atoms with Gasteiger partial charge in [0.2, 0.25) is 0 Å². The quantitative estimate of drug-likeness (QED) is 0.825. The van der Waals surface area contributed by atoms with Gasteiger partial charge < -0.3 is 14.1 Å². The van der Waals surface area contributed by atoms with Crippen molar-refractivity contribution in [3.63, 3.8) is 0 Å². The minimum Gasteiger partial charge on any atom is -0.465 e. The zero-order valence-electron chi connectivity index (χ0n) is 10.5. The summed E-state index contributed by atoms with van der Waals surface area (Å²) in [5, 5.41) is 0. The van der Waals surface area contributed by atoms with Crippen LogP contribution in [-0.2, 0) is 4.74 Å². The molecule has 2 fully saturated rings. The third-order valence-corrected chi connectivity index (χ3v) is 3.95. The standard InChI is InChI=1S/C14H19NO3/c16-14-15(9-11-5-2-1-3-6-11)10-13(18-14)12-7-4-8-17-12/h4,7-8,11,13H,1-3,5-6,9-10H2. The van der Waals surface area contributed by atoms with Gasteiger partial charge in [0, 0.05) is 6.54 Å². The molecule has 1 unspecified atom stereocenters. The molecule has 1 aliphatic heterocycles. The van der Waals surface area contributed by atoms with Crippen molar-refractivity contribution in [3.8, 4) is 0 Å². The summed E-state index contributed by atoms with van der Waals surface area (Å²) in [6.45, 7) is 1.47. The predicted octanol–water partition coefficient (Wildman–Crippen LogP) is 3.35. The smallest absolute Gasteiger partial charge is 0.410 e. The van der Waals surface area contributed by atoms with Crippen LogP contribution in [0.2, 0.25) is 0 Å². The monoisotopic (exact) mass is 249 g/mol. The molecule has 98 valence electrons. The fourth-order valence-corrected chi connectivity index (χ4v) is 2.96. The van der Waals surface area contributed by atoms with Crippen LogP contribution in [0.4, 0.5) is 4.79 Å². The minimum atomic E-state index is -0.226. The molecular weight excluding hydrogens is 230 g/mol. The maximum atomic E-state index is 11.8. The highest BCUT2D eigenvalue weighted by molar-refractivity contribution is 5.70. The summed E-state index contributed by atoms with van der Waals surface area (Å²) in [7, 11) is 0. The Morgan fingerprint density at radius 2 is 2.11 bits per heavy atom. The third kappa shape index (κ3) is 2.37. The Hall–Kier alpha value is -1.45. The van der Waals surface area contributed by atoms with Crippen molar-refractivity contribution in [1.82, 2.24) is 4.90 Å². The lowest BCUT2D eigenvalue weighted by Gasteiger charge is -2.25. The number of cyclic esters (lactones) is 1. The number of hydrogen-bond acceptors (Lipinski definition) is 3. The average molecular weight is 249 g/mol. The number of carbonyl (C=O) groups is 1. The van der Waals surface area contributed by atoms with Gasteiger partial charge in [0.05, 0.1) is 12.8 Å². The van der Waals surface area contributed by atoms with E-state index in [1.165, 1.54) is 32.1 Å². The minimum absolute atomic E-state index is 0.193. The number of hydrogen-bond donors (Lipinski definition) is 0. The summed E-state index contributed by atoms with van der Waals surface area (Å²) < 4.78 is 10.7. The second-order valence-electron chi connectivity index (χ2n) is 5.30. The normalized spacial score (nSPS) is 25.4. The largest absolute Gasteiger partial charge is 0.465 e. The lowest BCUT2D eigenvalue weighted by atomic mass is 9.89. The first kappa shape index (κ1) is 11.6. The SMILES string of the molecule is O=C1OC(c2ccco2)CN1CC1CCCCC1. The van der Waals surface area contributed by atoms with Gasteiger partial charge in [-0.15, -0.1) is 0 Å². The van der Waals surface area contributed by atoms with Crippen molar-refractivity contribution in [3.05, 3.63) is 24.2 Å². The first-order chi connectivity index (χ1) is 8.83. The van der Waals surface area contributed by atoms with E-state index >= 15 is 0 Å². The van der Waals surface area contributed by atoms with E-state index in [0.29, 0.717) is 12.5 Å². The lowest BCUT2D eigenvalue weighted by Crippen LogP contribution is -2.31. The summed E-state index contributed by atoms with van der Waals surface area (Å²) in [6.07, 6.45) is 7.63. The van der Waals surface area contributed by atoms with Crippen LogP contribution in [0.3, 0.4) is 0 Å². The molecule has 1 saturated heterocycles. The van der Waals surface area contributed by atoms with Gasteiger partial charge >= 0.3 is 6.09 Å². The molecule has 1 atom stereocenters. The highest BCUT2D eigenvalue weighted by Crippen LogP contribution is 2.30. The maximum Gasteiger partial charge on any atom is 0.410 e. The van der Waals surface area contributed by atoms with Crippen LogP contribution >= 0.6 is 0 Å². The van der Waals surface area contributed by atoms with Crippen molar-refractivity contribution < 1.29 is 13.9 Å². The van der Waals surface area contributed by atoms with E-state index in [4.69, 9.17) is 9.15 Å². The lowest BCUT2D eigenvalue weighted by molar-refractivity contribution is 0.121. The van der Waals surface area contributed by atoms with Gasteiger partial charge in [0.25, 0.3) is 0 Å². The number of furan rings is 1. The van der Waals surface area contributed by atoms with E-state index in [2.05, 4.69) is 0 Å². The molecule has 0 spiro atoms. The molecule has 1 amide bonds. The fourth-order valence-electron chi connectivity index (χ4n) is 2.96. The van der Waals surface area contributed by atoms with Crippen LogP contribution in [-0.4, -0.2) is 24.1 Å². The van der Waals surface area contributed by atoms with E-state index in [0.717, 1.165) is 12.3 Å². The number of ether oxygens (including phenoxy) is 1. The zero-order chi connectivity index (χ0) is 12.4. The van der Waals surface area contributed by atoms with Crippen molar-refractivity contribution in [2.75, 3.05) is 13.1 Å². The Bertz CT molecular complexity index is 395. The Balaban J connectivity index is 1.58. The Kier molecular flexibility index (Phi) is 3.26. The molecule has 2 heterocycles. The molecule has 1 saturated carbocycles. The van der Waals surface area contributed by atoms with E-state index in [-0.39, 0.29) is 12.2 Å². The van der Waals surface area contributed by atoms with Crippen molar-refractivity contribution in [1.29, 1.82) is 0 Å². The van der Waals surface area contributed by atoms with Gasteiger partial charge in [-0.2, -0.15) is 0 Å². The van der Waals surface area contributed by atoms with Crippen molar-refractivity contribution >= 4 is 6.09 Å². The summed E-state index contributed by atoms with van der Waals surface area (Å²) in [6, 6.07) is 3.69. The van der Waals surface area contributed by atoms with E-state index in [1.54, 1.807) is 6.26 Å². The van der Waals surface area contributed by atoms with Crippen LogP contribution in [0, 0.1) is 5.92 Å². The third-order valence-electron chi connectivity index (χ3n) is 3.95. The molecule has 1 aromatic rings. The summed E-state index contributed by atoms with van der Waals surface area (Å²) in [5.41, 5.74) is 0. The van der Waals surface area contributed by atoms with E-state index < -0.39 is 0 Å². The van der Waals surface area contributed by atoms with Gasteiger partial charge in [0.15, 0.2) is 6.10 Å². The Morgan fingerprint density at radius 1 is 1.28 bits per heavy atom. The second-order valence-corrected chi connectivity index (χ2v) is 5.30. The van der Waals surface area contributed by atoms with Crippen LogP contribution in [0.1, 0.15) is 44.0 Å². The maximum absolute atomic E-state index is 11.8. The number of rotatable bonds is 3. The molecule has 0 aromatic carbocycles. The zero-order valence-corrected chi connectivity index (χ0v) is 10.5. The molecule has 3 rings (SSSR count). The fraction of sp³-hybridized carbons (Fsp3) is 0.643.